The predicted octanol–water partition coefficient (Wildman–Crippen LogP) is 6.35. The maximum absolute atomic E-state index is 13.6. The van der Waals surface area contributed by atoms with Crippen molar-refractivity contribution in [3.8, 4) is 0 Å². The van der Waals surface area contributed by atoms with E-state index in [-0.39, 0.29) is 16.9 Å². The summed E-state index contributed by atoms with van der Waals surface area (Å²) in [6, 6.07) is 7.28. The van der Waals surface area contributed by atoms with Crippen molar-refractivity contribution < 1.29 is 4.39 Å². The van der Waals surface area contributed by atoms with Gasteiger partial charge in [-0.05, 0) is 75.0 Å². The van der Waals surface area contributed by atoms with E-state index in [4.69, 9.17) is 11.6 Å². The molecule has 0 aliphatic heterocycles. The van der Waals surface area contributed by atoms with Crippen LogP contribution in [0, 0.1) is 5.82 Å². The Morgan fingerprint density at radius 1 is 1.33 bits per heavy atom. The average molecular weight is 456 g/mol. The third kappa shape index (κ3) is 4.76. The van der Waals surface area contributed by atoms with Crippen LogP contribution in [-0.2, 0) is 6.42 Å². The van der Waals surface area contributed by atoms with Crippen LogP contribution < -0.4 is 5.32 Å². The van der Waals surface area contributed by atoms with Crippen molar-refractivity contribution in [2.45, 2.75) is 25.8 Å². The lowest BCUT2D eigenvalue weighted by Crippen LogP contribution is -2.23. The molecule has 1 atom stereocenters. The highest BCUT2D eigenvalue weighted by atomic mass is 79.9. The van der Waals surface area contributed by atoms with Gasteiger partial charge in [0.1, 0.15) is 5.82 Å². The Morgan fingerprint density at radius 2 is 2.10 bits per heavy atom. The van der Waals surface area contributed by atoms with Crippen molar-refractivity contribution in [1.82, 2.24) is 5.32 Å². The first kappa shape index (κ1) is 17.4. The van der Waals surface area contributed by atoms with E-state index in [1.165, 1.54) is 10.9 Å². The molecule has 6 heteroatoms. The average Bonchev–Trinajstić information content (AvgIpc) is 2.78. The van der Waals surface area contributed by atoms with Gasteiger partial charge in [0.2, 0.25) is 0 Å². The van der Waals surface area contributed by atoms with Gasteiger partial charge in [0.15, 0.2) is 0 Å². The summed E-state index contributed by atoms with van der Waals surface area (Å²) >= 11 is 14.5. The highest BCUT2D eigenvalue weighted by Crippen LogP contribution is 2.36. The molecule has 0 bridgehead atoms. The van der Waals surface area contributed by atoms with Gasteiger partial charge in [-0.2, -0.15) is 0 Å². The molecule has 0 aliphatic rings. The van der Waals surface area contributed by atoms with Gasteiger partial charge in [-0.3, -0.25) is 0 Å². The topological polar surface area (TPSA) is 12.0 Å². The Kier molecular flexibility index (Phi) is 6.69. The summed E-state index contributed by atoms with van der Waals surface area (Å²) in [5.41, 5.74) is 0.936. The summed E-state index contributed by atoms with van der Waals surface area (Å²) in [6.45, 7) is 3.06. The number of thiophene rings is 1. The summed E-state index contributed by atoms with van der Waals surface area (Å²) in [5, 5.41) is 3.69. The van der Waals surface area contributed by atoms with Gasteiger partial charge in [-0.1, -0.05) is 24.6 Å². The van der Waals surface area contributed by atoms with Crippen molar-refractivity contribution in [3.63, 3.8) is 0 Å². The van der Waals surface area contributed by atoms with Gasteiger partial charge in [0.25, 0.3) is 0 Å². The fraction of sp³-hybridized carbons (Fsp3) is 0.333. The summed E-state index contributed by atoms with van der Waals surface area (Å²) in [6.07, 6.45) is 1.78. The van der Waals surface area contributed by atoms with Crippen LogP contribution in [0.15, 0.2) is 32.5 Å². The van der Waals surface area contributed by atoms with Gasteiger partial charge < -0.3 is 5.32 Å². The first-order valence-corrected chi connectivity index (χ1v) is 9.41. The maximum atomic E-state index is 13.6. The zero-order valence-corrected chi connectivity index (χ0v) is 16.2. The van der Waals surface area contributed by atoms with Crippen molar-refractivity contribution >= 4 is 54.8 Å². The van der Waals surface area contributed by atoms with E-state index in [2.05, 4.69) is 50.2 Å². The minimum absolute atomic E-state index is 0.165. The zero-order chi connectivity index (χ0) is 15.4. The second kappa shape index (κ2) is 8.06. The highest BCUT2D eigenvalue weighted by Gasteiger charge is 2.16. The molecule has 1 nitrogen and oxygen atoms in total. The van der Waals surface area contributed by atoms with E-state index >= 15 is 0 Å². The minimum Gasteiger partial charge on any atom is -0.309 e. The fourth-order valence-corrected chi connectivity index (χ4v) is 4.31. The largest absolute Gasteiger partial charge is 0.309 e. The number of halogens is 4. The summed E-state index contributed by atoms with van der Waals surface area (Å²) in [4.78, 5) is 1.22. The van der Waals surface area contributed by atoms with E-state index in [0.717, 1.165) is 33.2 Å². The Labute approximate surface area is 150 Å². The Hall–Kier alpha value is 0.0600. The van der Waals surface area contributed by atoms with Crippen molar-refractivity contribution in [2.75, 3.05) is 6.54 Å². The van der Waals surface area contributed by atoms with Crippen LogP contribution in [0.25, 0.3) is 0 Å². The van der Waals surface area contributed by atoms with Gasteiger partial charge in [-0.15, -0.1) is 11.3 Å². The van der Waals surface area contributed by atoms with Crippen LogP contribution in [-0.4, -0.2) is 6.54 Å². The van der Waals surface area contributed by atoms with E-state index in [9.17, 15) is 4.39 Å². The van der Waals surface area contributed by atoms with E-state index in [1.54, 1.807) is 17.4 Å². The molecule has 1 unspecified atom stereocenters. The summed E-state index contributed by atoms with van der Waals surface area (Å²) in [5.74, 6) is -0.364. The maximum Gasteiger partial charge on any atom is 0.142 e. The van der Waals surface area contributed by atoms with Crippen LogP contribution >= 0.6 is 54.8 Å². The Balaban J connectivity index is 2.21. The van der Waals surface area contributed by atoms with Gasteiger partial charge >= 0.3 is 0 Å². The third-order valence-electron chi connectivity index (χ3n) is 3.07. The Morgan fingerprint density at radius 3 is 2.67 bits per heavy atom. The van der Waals surface area contributed by atoms with Crippen molar-refractivity contribution in [3.05, 3.63) is 53.8 Å². The molecule has 0 saturated carbocycles. The predicted molar refractivity (Wildman–Crippen MR) is 95.9 cm³/mol. The molecule has 2 aromatic rings. The molecular formula is C15H15Br2ClFNS. The smallest absolute Gasteiger partial charge is 0.142 e. The number of hydrogen-bond acceptors (Lipinski definition) is 2. The van der Waals surface area contributed by atoms with E-state index in [0.29, 0.717) is 0 Å². The van der Waals surface area contributed by atoms with Gasteiger partial charge in [-0.25, -0.2) is 4.39 Å². The lowest BCUT2D eigenvalue weighted by molar-refractivity contribution is 0.534. The normalized spacial score (nSPS) is 12.6. The molecule has 0 saturated heterocycles. The molecule has 0 radical (unpaired) electrons. The standard InChI is InChI=1S/C15H15Br2ClFNS/c1-2-5-20-13(14-8-10(16)15(17)21-14)7-9-3-4-11(18)12(19)6-9/h3-4,6,8,13,20H,2,5,7H2,1H3. The summed E-state index contributed by atoms with van der Waals surface area (Å²) < 4.78 is 15.7. The Bertz CT molecular complexity index is 598. The molecule has 2 rings (SSSR count). The molecular weight excluding hydrogens is 440 g/mol. The molecule has 0 spiro atoms. The highest BCUT2D eigenvalue weighted by molar-refractivity contribution is 9.13. The molecule has 1 N–H and O–H groups in total. The first-order valence-electron chi connectivity index (χ1n) is 6.63. The number of nitrogens with one attached hydrogen (secondary N) is 1. The second-order valence-corrected chi connectivity index (χ2v) is 8.39. The van der Waals surface area contributed by atoms with Crippen LogP contribution in [0.2, 0.25) is 5.02 Å². The number of hydrogen-bond donors (Lipinski definition) is 1. The number of rotatable bonds is 6. The lowest BCUT2D eigenvalue weighted by Gasteiger charge is -2.17. The molecule has 1 aromatic carbocycles. The van der Waals surface area contributed by atoms with Crippen LogP contribution in [0.5, 0.6) is 0 Å². The number of benzene rings is 1. The molecule has 0 amide bonds. The quantitative estimate of drug-likeness (QED) is 0.535. The molecule has 0 fully saturated rings. The van der Waals surface area contributed by atoms with Crippen molar-refractivity contribution in [2.24, 2.45) is 0 Å². The van der Waals surface area contributed by atoms with Crippen LogP contribution in [0.3, 0.4) is 0 Å². The third-order valence-corrected chi connectivity index (χ3v) is 6.75. The SMILES string of the molecule is CCCNC(Cc1ccc(Cl)c(F)c1)c1cc(Br)c(Br)s1. The lowest BCUT2D eigenvalue weighted by atomic mass is 10.0. The fourth-order valence-electron chi connectivity index (χ4n) is 2.03. The van der Waals surface area contributed by atoms with Gasteiger partial charge in [0, 0.05) is 15.4 Å². The summed E-state index contributed by atoms with van der Waals surface area (Å²) in [7, 11) is 0. The van der Waals surface area contributed by atoms with E-state index in [1.807, 2.05) is 6.07 Å². The monoisotopic (exact) mass is 453 g/mol. The minimum atomic E-state index is -0.364. The molecule has 114 valence electrons. The van der Waals surface area contributed by atoms with E-state index < -0.39 is 0 Å². The molecule has 0 aliphatic carbocycles. The molecule has 1 aromatic heterocycles. The van der Waals surface area contributed by atoms with Crippen LogP contribution in [0.4, 0.5) is 4.39 Å². The molecule has 1 heterocycles. The van der Waals surface area contributed by atoms with Gasteiger partial charge in [0.05, 0.1) is 8.81 Å². The molecule has 21 heavy (non-hydrogen) atoms. The second-order valence-electron chi connectivity index (χ2n) is 4.73. The first-order chi connectivity index (χ1) is 10.0. The zero-order valence-electron chi connectivity index (χ0n) is 11.4. The van der Waals surface area contributed by atoms with Crippen LogP contribution in [0.1, 0.15) is 29.8 Å². The van der Waals surface area contributed by atoms with Crippen molar-refractivity contribution in [1.29, 1.82) is 0 Å².